The highest BCUT2D eigenvalue weighted by molar-refractivity contribution is 5.92. The van der Waals surface area contributed by atoms with Crippen LogP contribution in [0.25, 0.3) is 5.69 Å². The third-order valence-corrected chi connectivity index (χ3v) is 4.12. The van der Waals surface area contributed by atoms with Crippen molar-refractivity contribution in [3.05, 3.63) is 87.7 Å². The molecule has 0 aliphatic rings. The van der Waals surface area contributed by atoms with Gasteiger partial charge in [-0.1, -0.05) is 30.3 Å². The molecule has 0 bridgehead atoms. The predicted molar refractivity (Wildman–Crippen MR) is 98.6 cm³/mol. The van der Waals surface area contributed by atoms with E-state index in [1.807, 2.05) is 30.3 Å². The first-order valence-corrected chi connectivity index (χ1v) is 8.40. The van der Waals surface area contributed by atoms with Crippen molar-refractivity contribution in [3.63, 3.8) is 0 Å². The first-order chi connectivity index (χ1) is 13.4. The number of carbonyl (C=O) groups is 1. The van der Waals surface area contributed by atoms with E-state index in [9.17, 15) is 18.4 Å². The van der Waals surface area contributed by atoms with Gasteiger partial charge in [0.05, 0.1) is 24.9 Å². The van der Waals surface area contributed by atoms with Gasteiger partial charge in [-0.15, -0.1) is 0 Å². The maximum atomic E-state index is 13.6. The van der Waals surface area contributed by atoms with E-state index in [-0.39, 0.29) is 17.6 Å². The molecule has 0 saturated carbocycles. The van der Waals surface area contributed by atoms with Crippen molar-refractivity contribution in [1.82, 2.24) is 15.1 Å². The fraction of sp³-hybridized carbons (Fsp3) is 0.150. The Morgan fingerprint density at radius 1 is 1.11 bits per heavy atom. The van der Waals surface area contributed by atoms with Crippen LogP contribution in [0.5, 0.6) is 5.88 Å². The summed E-state index contributed by atoms with van der Waals surface area (Å²) in [6, 6.07) is 13.0. The molecule has 0 fully saturated rings. The summed E-state index contributed by atoms with van der Waals surface area (Å²) in [5.41, 5.74) is -0.104. The van der Waals surface area contributed by atoms with Crippen LogP contribution in [0, 0.1) is 11.6 Å². The number of nitrogens with one attached hydrogen (secondary N) is 1. The summed E-state index contributed by atoms with van der Waals surface area (Å²) in [6.07, 6.45) is 0. The Balaban J connectivity index is 1.98. The molecule has 0 unspecified atom stereocenters. The smallest absolute Gasteiger partial charge is 0.276 e. The molecule has 0 aliphatic carbocycles. The number of carbonyl (C=O) groups excluding carboxylic acids is 1. The topological polar surface area (TPSA) is 73.2 Å². The molecule has 0 spiro atoms. The number of aromatic nitrogens is 2. The number of ether oxygens (including phenoxy) is 1. The fourth-order valence-electron chi connectivity index (χ4n) is 2.63. The Bertz CT molecular complexity index is 1070. The first kappa shape index (κ1) is 19.2. The lowest BCUT2D eigenvalue weighted by Gasteiger charge is -2.15. The lowest BCUT2D eigenvalue weighted by atomic mass is 10.1. The molecule has 3 aromatic rings. The maximum absolute atomic E-state index is 13.6. The Morgan fingerprint density at radius 2 is 1.82 bits per heavy atom. The average Bonchev–Trinajstić information content (AvgIpc) is 2.70. The van der Waals surface area contributed by atoms with Gasteiger partial charge in [0.2, 0.25) is 11.3 Å². The highest BCUT2D eigenvalue weighted by Gasteiger charge is 2.19. The van der Waals surface area contributed by atoms with Crippen LogP contribution in [0.3, 0.4) is 0 Å². The van der Waals surface area contributed by atoms with E-state index in [0.29, 0.717) is 0 Å². The van der Waals surface area contributed by atoms with E-state index in [2.05, 4.69) is 10.4 Å². The molecule has 28 heavy (non-hydrogen) atoms. The van der Waals surface area contributed by atoms with Crippen LogP contribution in [0.15, 0.2) is 59.4 Å². The predicted octanol–water partition coefficient (Wildman–Crippen LogP) is 3.01. The number of methoxy groups -OCH3 is 1. The van der Waals surface area contributed by atoms with Gasteiger partial charge >= 0.3 is 0 Å². The van der Waals surface area contributed by atoms with Crippen LogP contribution >= 0.6 is 0 Å². The Labute approximate surface area is 159 Å². The summed E-state index contributed by atoms with van der Waals surface area (Å²) in [6.45, 7) is 1.77. The van der Waals surface area contributed by atoms with Crippen LogP contribution in [-0.4, -0.2) is 22.8 Å². The first-order valence-electron chi connectivity index (χ1n) is 8.40. The van der Waals surface area contributed by atoms with Crippen LogP contribution in [-0.2, 0) is 0 Å². The van der Waals surface area contributed by atoms with E-state index in [1.165, 1.54) is 13.2 Å². The van der Waals surface area contributed by atoms with Crippen molar-refractivity contribution < 1.29 is 18.3 Å². The highest BCUT2D eigenvalue weighted by atomic mass is 19.2. The zero-order chi connectivity index (χ0) is 20.3. The second kappa shape index (κ2) is 7.99. The molecule has 144 valence electrons. The van der Waals surface area contributed by atoms with E-state index < -0.39 is 28.7 Å². The summed E-state index contributed by atoms with van der Waals surface area (Å²) in [4.78, 5) is 24.9. The molecule has 1 heterocycles. The van der Waals surface area contributed by atoms with Gasteiger partial charge in [-0.25, -0.2) is 13.5 Å². The van der Waals surface area contributed by atoms with Crippen molar-refractivity contribution in [2.45, 2.75) is 13.0 Å². The van der Waals surface area contributed by atoms with Gasteiger partial charge in [0.25, 0.3) is 5.91 Å². The quantitative estimate of drug-likeness (QED) is 0.733. The standard InChI is InChI=1S/C20H17F2N3O3/c1-12(13-6-4-3-5-7-13)23-20(27)19-17(26)11-18(28-2)25(24-19)14-8-9-15(21)16(22)10-14/h3-12H,1-2H3,(H,23,27)/t12-/m1/s1. The largest absolute Gasteiger partial charge is 0.481 e. The van der Waals surface area contributed by atoms with Gasteiger partial charge in [-0.2, -0.15) is 5.10 Å². The number of benzene rings is 2. The summed E-state index contributed by atoms with van der Waals surface area (Å²) in [5, 5.41) is 6.71. The maximum Gasteiger partial charge on any atom is 0.276 e. The molecule has 1 aromatic heterocycles. The normalized spacial score (nSPS) is 11.7. The molecule has 6 nitrogen and oxygen atoms in total. The van der Waals surface area contributed by atoms with Gasteiger partial charge < -0.3 is 10.1 Å². The second-order valence-corrected chi connectivity index (χ2v) is 6.02. The molecule has 1 atom stereocenters. The average molecular weight is 385 g/mol. The van der Waals surface area contributed by atoms with Crippen molar-refractivity contribution >= 4 is 5.91 Å². The monoisotopic (exact) mass is 385 g/mol. The van der Waals surface area contributed by atoms with Gasteiger partial charge in [0.1, 0.15) is 0 Å². The molecule has 2 aromatic carbocycles. The molecule has 1 amide bonds. The minimum Gasteiger partial charge on any atom is -0.481 e. The van der Waals surface area contributed by atoms with Crippen molar-refractivity contribution in [3.8, 4) is 11.6 Å². The SMILES string of the molecule is COc1cc(=O)c(C(=O)N[C@H](C)c2ccccc2)nn1-c1ccc(F)c(F)c1. The zero-order valence-corrected chi connectivity index (χ0v) is 15.1. The van der Waals surface area contributed by atoms with Gasteiger partial charge in [0, 0.05) is 6.07 Å². The Morgan fingerprint density at radius 3 is 2.46 bits per heavy atom. The van der Waals surface area contributed by atoms with Gasteiger partial charge in [-0.05, 0) is 24.6 Å². The fourth-order valence-corrected chi connectivity index (χ4v) is 2.63. The molecular formula is C20H17F2N3O3. The molecule has 0 saturated heterocycles. The number of hydrogen-bond donors (Lipinski definition) is 1. The lowest BCUT2D eigenvalue weighted by molar-refractivity contribution is 0.0931. The van der Waals surface area contributed by atoms with Crippen molar-refractivity contribution in [1.29, 1.82) is 0 Å². The van der Waals surface area contributed by atoms with Crippen LogP contribution in [0.4, 0.5) is 8.78 Å². The highest BCUT2D eigenvalue weighted by Crippen LogP contribution is 2.18. The third-order valence-electron chi connectivity index (χ3n) is 4.12. The van der Waals surface area contributed by atoms with Crippen LogP contribution < -0.4 is 15.5 Å². The number of amides is 1. The minimum atomic E-state index is -1.09. The van der Waals surface area contributed by atoms with Crippen LogP contribution in [0.1, 0.15) is 29.0 Å². The number of rotatable bonds is 5. The zero-order valence-electron chi connectivity index (χ0n) is 15.1. The summed E-state index contributed by atoms with van der Waals surface area (Å²) < 4.78 is 33.0. The Hall–Kier alpha value is -3.55. The molecule has 3 rings (SSSR count). The minimum absolute atomic E-state index is 0.0244. The van der Waals surface area contributed by atoms with Crippen molar-refractivity contribution in [2.75, 3.05) is 7.11 Å². The van der Waals surface area contributed by atoms with Crippen LogP contribution in [0.2, 0.25) is 0 Å². The second-order valence-electron chi connectivity index (χ2n) is 6.02. The van der Waals surface area contributed by atoms with E-state index in [1.54, 1.807) is 6.92 Å². The molecule has 1 N–H and O–H groups in total. The summed E-state index contributed by atoms with van der Waals surface area (Å²) in [5.74, 6) is -2.84. The van der Waals surface area contributed by atoms with Crippen molar-refractivity contribution in [2.24, 2.45) is 0 Å². The van der Waals surface area contributed by atoms with E-state index in [4.69, 9.17) is 4.74 Å². The third kappa shape index (κ3) is 3.90. The van der Waals surface area contributed by atoms with Gasteiger partial charge in [-0.3, -0.25) is 9.59 Å². The summed E-state index contributed by atoms with van der Waals surface area (Å²) >= 11 is 0. The number of hydrogen-bond acceptors (Lipinski definition) is 4. The van der Waals surface area contributed by atoms with E-state index >= 15 is 0 Å². The number of nitrogens with zero attached hydrogens (tertiary/aromatic N) is 2. The Kier molecular flexibility index (Phi) is 5.49. The number of halogens is 2. The molecular weight excluding hydrogens is 368 g/mol. The molecule has 0 radical (unpaired) electrons. The molecule has 0 aliphatic heterocycles. The lowest BCUT2D eigenvalue weighted by Crippen LogP contribution is -2.33. The van der Waals surface area contributed by atoms with E-state index in [0.717, 1.165) is 28.4 Å². The molecule has 8 heteroatoms. The van der Waals surface area contributed by atoms with Gasteiger partial charge in [0.15, 0.2) is 17.3 Å². The summed E-state index contributed by atoms with van der Waals surface area (Å²) in [7, 11) is 1.30.